The number of hydrogen-bond acceptors (Lipinski definition) is 4. The van der Waals surface area contributed by atoms with E-state index in [0.717, 1.165) is 4.47 Å². The lowest BCUT2D eigenvalue weighted by Crippen LogP contribution is -1.92. The quantitative estimate of drug-likeness (QED) is 0.733. The van der Waals surface area contributed by atoms with Crippen molar-refractivity contribution in [2.45, 2.75) is 6.04 Å². The van der Waals surface area contributed by atoms with Crippen molar-refractivity contribution < 1.29 is 0 Å². The van der Waals surface area contributed by atoms with E-state index in [0.29, 0.717) is 15.2 Å². The monoisotopic (exact) mass is 360 g/mol. The average Bonchev–Trinajstić information content (AvgIpc) is 2.22. The Hall–Kier alpha value is -0.950. The number of hydrogen-bond donors (Lipinski definition) is 0. The molecule has 0 amide bonds. The molecule has 0 unspecified atom stereocenters. The van der Waals surface area contributed by atoms with Crippen molar-refractivity contribution in [3.8, 4) is 12.1 Å². The summed E-state index contributed by atoms with van der Waals surface area (Å²) in [5.74, 6) is 0. The molecule has 0 aliphatic carbocycles. The maximum atomic E-state index is 8.51. The molecule has 0 fully saturated rings. The van der Waals surface area contributed by atoms with Gasteiger partial charge in [-0.2, -0.15) is 20.8 Å². The normalized spacial score (nSPS) is 10.4. The number of azo groups is 1. The molecule has 1 rings (SSSR count). The first-order chi connectivity index (χ1) is 7.58. The Kier molecular flexibility index (Phi) is 4.88. The van der Waals surface area contributed by atoms with Gasteiger partial charge in [0.1, 0.15) is 17.8 Å². The Morgan fingerprint density at radius 3 is 2.38 bits per heavy atom. The van der Waals surface area contributed by atoms with Crippen LogP contribution in [0.2, 0.25) is 5.02 Å². The molecular formula is C9H3Br2ClN4. The zero-order chi connectivity index (χ0) is 12.1. The molecule has 4 nitrogen and oxygen atoms in total. The molecule has 0 bridgehead atoms. The first kappa shape index (κ1) is 13.1. The van der Waals surface area contributed by atoms with Crippen LogP contribution in [0.25, 0.3) is 0 Å². The Morgan fingerprint density at radius 2 is 1.88 bits per heavy atom. The number of nitrogens with zero attached hydrogens (tertiary/aromatic N) is 4. The highest BCUT2D eigenvalue weighted by atomic mass is 79.9. The summed E-state index contributed by atoms with van der Waals surface area (Å²) in [5, 5.41) is 24.7. The second-order valence-corrected chi connectivity index (χ2v) is 4.77. The van der Waals surface area contributed by atoms with Gasteiger partial charge in [-0.25, -0.2) is 0 Å². The first-order valence-electron chi connectivity index (χ1n) is 3.93. The molecule has 80 valence electrons. The van der Waals surface area contributed by atoms with Gasteiger partial charge in [0.25, 0.3) is 0 Å². The summed E-state index contributed by atoms with van der Waals surface area (Å²) in [5.41, 5.74) is 0.389. The van der Waals surface area contributed by atoms with E-state index < -0.39 is 6.04 Å². The lowest BCUT2D eigenvalue weighted by Gasteiger charge is -2.01. The minimum atomic E-state index is -1.12. The predicted molar refractivity (Wildman–Crippen MR) is 66.4 cm³/mol. The van der Waals surface area contributed by atoms with Gasteiger partial charge in [-0.3, -0.25) is 0 Å². The minimum absolute atomic E-state index is 0.375. The van der Waals surface area contributed by atoms with Gasteiger partial charge in [0.05, 0.1) is 5.02 Å². The van der Waals surface area contributed by atoms with Crippen molar-refractivity contribution in [2.24, 2.45) is 10.2 Å². The van der Waals surface area contributed by atoms with Crippen molar-refractivity contribution in [3.05, 3.63) is 26.1 Å². The summed E-state index contributed by atoms with van der Waals surface area (Å²) < 4.78 is 1.42. The Morgan fingerprint density at radius 1 is 1.25 bits per heavy atom. The van der Waals surface area contributed by atoms with Crippen LogP contribution in [0.5, 0.6) is 0 Å². The maximum absolute atomic E-state index is 8.51. The topological polar surface area (TPSA) is 72.3 Å². The summed E-state index contributed by atoms with van der Waals surface area (Å²) in [4.78, 5) is 0. The lowest BCUT2D eigenvalue weighted by atomic mass is 10.3. The summed E-state index contributed by atoms with van der Waals surface area (Å²) in [7, 11) is 0. The van der Waals surface area contributed by atoms with Crippen molar-refractivity contribution in [2.75, 3.05) is 0 Å². The second-order valence-electron chi connectivity index (χ2n) is 2.59. The third-order valence-corrected chi connectivity index (χ3v) is 2.85. The Labute approximate surface area is 114 Å². The molecule has 0 heterocycles. The van der Waals surface area contributed by atoms with E-state index >= 15 is 0 Å². The van der Waals surface area contributed by atoms with Crippen LogP contribution in [0, 0.1) is 22.7 Å². The van der Waals surface area contributed by atoms with Crippen LogP contribution in [0.15, 0.2) is 31.3 Å². The van der Waals surface area contributed by atoms with Gasteiger partial charge < -0.3 is 0 Å². The van der Waals surface area contributed by atoms with Gasteiger partial charge >= 0.3 is 0 Å². The third kappa shape index (κ3) is 3.28. The van der Waals surface area contributed by atoms with Crippen LogP contribution < -0.4 is 0 Å². The van der Waals surface area contributed by atoms with E-state index in [-0.39, 0.29) is 0 Å². The largest absolute Gasteiger partial charge is 0.242 e. The number of nitriles is 2. The summed E-state index contributed by atoms with van der Waals surface area (Å²) >= 11 is 12.4. The highest BCUT2D eigenvalue weighted by Gasteiger charge is 2.08. The fourth-order valence-electron chi connectivity index (χ4n) is 0.826. The maximum Gasteiger partial charge on any atom is 0.242 e. The number of halogens is 3. The van der Waals surface area contributed by atoms with E-state index in [9.17, 15) is 0 Å². The van der Waals surface area contributed by atoms with Crippen LogP contribution in [-0.4, -0.2) is 6.04 Å². The van der Waals surface area contributed by atoms with Gasteiger partial charge in [0.2, 0.25) is 6.04 Å². The van der Waals surface area contributed by atoms with Crippen LogP contribution in [-0.2, 0) is 0 Å². The highest BCUT2D eigenvalue weighted by molar-refractivity contribution is 9.11. The standard InChI is InChI=1S/C9H3Br2ClN4/c10-5-1-7(11)9(8(12)2-5)16-15-6(3-13)4-14/h1-2,6H. The fraction of sp³-hybridized carbons (Fsp3) is 0.111. The molecule has 0 aliphatic rings. The molecule has 0 atom stereocenters. The van der Waals surface area contributed by atoms with Crippen molar-refractivity contribution >= 4 is 49.1 Å². The summed E-state index contributed by atoms with van der Waals surface area (Å²) in [6.45, 7) is 0. The molecule has 0 radical (unpaired) electrons. The predicted octanol–water partition coefficient (Wildman–Crippen LogP) is 4.36. The third-order valence-electron chi connectivity index (χ3n) is 1.50. The first-order valence-corrected chi connectivity index (χ1v) is 5.89. The molecule has 7 heteroatoms. The minimum Gasteiger partial charge on any atom is -0.195 e. The zero-order valence-electron chi connectivity index (χ0n) is 7.65. The smallest absolute Gasteiger partial charge is 0.195 e. The van der Waals surface area contributed by atoms with Crippen LogP contribution in [0.4, 0.5) is 5.69 Å². The van der Waals surface area contributed by atoms with Crippen LogP contribution in [0.3, 0.4) is 0 Å². The SMILES string of the molecule is N#CC(C#N)N=Nc1c(Cl)cc(Br)cc1Br. The van der Waals surface area contributed by atoms with Crippen molar-refractivity contribution in [1.82, 2.24) is 0 Å². The molecule has 16 heavy (non-hydrogen) atoms. The van der Waals surface area contributed by atoms with Crippen LogP contribution >= 0.6 is 43.5 Å². The number of benzene rings is 1. The van der Waals surface area contributed by atoms with Gasteiger partial charge in [0.15, 0.2) is 0 Å². The molecule has 0 spiro atoms. The van der Waals surface area contributed by atoms with E-state index in [1.165, 1.54) is 0 Å². The molecule has 1 aromatic carbocycles. The molecule has 0 saturated heterocycles. The average molecular weight is 362 g/mol. The van der Waals surface area contributed by atoms with Gasteiger partial charge in [-0.15, -0.1) is 0 Å². The van der Waals surface area contributed by atoms with Crippen molar-refractivity contribution in [3.63, 3.8) is 0 Å². The van der Waals surface area contributed by atoms with Gasteiger partial charge in [-0.1, -0.05) is 27.5 Å². The molecule has 0 N–H and O–H groups in total. The lowest BCUT2D eigenvalue weighted by molar-refractivity contribution is 0.948. The molecule has 1 aromatic rings. The van der Waals surface area contributed by atoms with Crippen molar-refractivity contribution in [1.29, 1.82) is 10.5 Å². The molecule has 0 aromatic heterocycles. The van der Waals surface area contributed by atoms with E-state index in [1.807, 2.05) is 0 Å². The van der Waals surface area contributed by atoms with E-state index in [4.69, 9.17) is 22.1 Å². The van der Waals surface area contributed by atoms with E-state index in [1.54, 1.807) is 24.3 Å². The Balaban J connectivity index is 3.08. The highest BCUT2D eigenvalue weighted by Crippen LogP contribution is 2.36. The van der Waals surface area contributed by atoms with E-state index in [2.05, 4.69) is 42.1 Å². The second kappa shape index (κ2) is 5.95. The summed E-state index contributed by atoms with van der Waals surface area (Å²) in [6.07, 6.45) is 0. The summed E-state index contributed by atoms with van der Waals surface area (Å²) in [6, 6.07) is 5.64. The van der Waals surface area contributed by atoms with Gasteiger partial charge in [-0.05, 0) is 28.1 Å². The van der Waals surface area contributed by atoms with Crippen LogP contribution in [0.1, 0.15) is 0 Å². The van der Waals surface area contributed by atoms with Gasteiger partial charge in [0, 0.05) is 8.95 Å². The molecule has 0 saturated carbocycles. The Bertz CT molecular complexity index is 478. The molecular weight excluding hydrogens is 359 g/mol. The number of rotatable bonds is 2. The molecule has 0 aliphatic heterocycles. The zero-order valence-corrected chi connectivity index (χ0v) is 11.6. The fourth-order valence-corrected chi connectivity index (χ4v) is 2.63.